The number of carboxylic acid groups (broad SMARTS) is 1. The highest BCUT2D eigenvalue weighted by molar-refractivity contribution is 7.08. The van der Waals surface area contributed by atoms with Crippen molar-refractivity contribution in [1.82, 2.24) is 46.2 Å². The predicted octanol–water partition coefficient (Wildman–Crippen LogP) is -0.652. The van der Waals surface area contributed by atoms with Crippen LogP contribution in [0.15, 0.2) is 92.5 Å². The molecule has 10 rings (SSSR count). The number of likely N-dealkylation sites (tertiary alicyclic amines) is 2. The van der Waals surface area contributed by atoms with Gasteiger partial charge >= 0.3 is 5.97 Å². The second-order valence-corrected chi connectivity index (χ2v) is 28.7. The number of benzene rings is 2. The molecule has 542 valence electrons. The normalized spacial score (nSPS) is 23.9. The van der Waals surface area contributed by atoms with E-state index in [0.717, 1.165) is 19.3 Å². The van der Waals surface area contributed by atoms with E-state index < -0.39 is 114 Å². The van der Waals surface area contributed by atoms with Gasteiger partial charge in [-0.2, -0.15) is 11.3 Å². The summed E-state index contributed by atoms with van der Waals surface area (Å²) >= 11 is 1.25. The zero-order chi connectivity index (χ0) is 71.8. The molecule has 0 unspecified atom stereocenters. The molecule has 1 aromatic heterocycles. The number of guanidine groups is 3. The van der Waals surface area contributed by atoms with Gasteiger partial charge in [0.25, 0.3) is 5.91 Å². The van der Waals surface area contributed by atoms with Crippen molar-refractivity contribution in [3.8, 4) is 0 Å². The molecule has 3 saturated heterocycles. The molecule has 2 aromatic carbocycles. The van der Waals surface area contributed by atoms with E-state index in [4.69, 9.17) is 34.4 Å². The number of nitrogens with one attached hydrogen (secondary N) is 5. The summed E-state index contributed by atoms with van der Waals surface area (Å²) in [5, 5.41) is 38.7. The van der Waals surface area contributed by atoms with Crippen molar-refractivity contribution in [2.75, 3.05) is 52.4 Å². The Morgan fingerprint density at radius 3 is 1.80 bits per heavy atom. The average Bonchev–Trinajstić information content (AvgIpc) is 0.971. The van der Waals surface area contributed by atoms with Crippen molar-refractivity contribution in [2.24, 2.45) is 72.5 Å². The number of nitrogens with zero attached hydrogens (tertiary/aromatic N) is 7. The monoisotopic (exact) mass is 1400 g/mol. The summed E-state index contributed by atoms with van der Waals surface area (Å²) in [6.45, 7) is 0.687. The lowest BCUT2D eigenvalue weighted by Gasteiger charge is -2.56. The van der Waals surface area contributed by atoms with E-state index in [2.05, 4.69) is 41.6 Å². The third kappa shape index (κ3) is 19.3. The molecule has 4 bridgehead atoms. The molecule has 31 heteroatoms. The van der Waals surface area contributed by atoms with Crippen molar-refractivity contribution >= 4 is 88.3 Å². The van der Waals surface area contributed by atoms with E-state index in [0.29, 0.717) is 47.3 Å². The number of piperazine rings is 1. The lowest BCUT2D eigenvalue weighted by Crippen LogP contribution is -2.68. The SMILES string of the molecule is C[C@@](NC(=O)CNC(=O)[C@@H]1C[C@@H](O)CN1C(=O)[C@@H]1CCCN1C(=O)[C@H](CCCN=C(N)N)NC(=O)[C@@H](CCCN=C(N)N)NC(=O)CC12CC3CC(CC(C3)C1)C2)(C(=O)N1CCN([C@@H](Cc2ccccc2)C(=O)N[C@@H](CCCN=C(N)N)C(=O)O)C(=O)[C@@H]1Cc1ccccc1)c1ccsc1. The number of thiophene rings is 1. The number of hydrogen-bond donors (Lipinski definition) is 13. The first kappa shape index (κ1) is 74.8. The van der Waals surface area contributed by atoms with Gasteiger partial charge in [0, 0.05) is 71.5 Å². The highest BCUT2D eigenvalue weighted by Gasteiger charge is 2.53. The Kier molecular flexibility index (Phi) is 25.5. The van der Waals surface area contributed by atoms with Gasteiger partial charge in [0.05, 0.1) is 12.6 Å². The molecular formula is C69H98N18O12S. The first-order valence-corrected chi connectivity index (χ1v) is 35.6. The Balaban J connectivity index is 0.880. The van der Waals surface area contributed by atoms with Crippen molar-refractivity contribution in [1.29, 1.82) is 0 Å². The van der Waals surface area contributed by atoms with Gasteiger partial charge in [-0.05, 0) is 154 Å². The van der Waals surface area contributed by atoms with E-state index >= 15 is 9.59 Å². The van der Waals surface area contributed by atoms with Gasteiger partial charge in [0.15, 0.2) is 17.9 Å². The minimum Gasteiger partial charge on any atom is -0.480 e. The quantitative estimate of drug-likeness (QED) is 0.0205. The number of carbonyl (C=O) groups is 10. The van der Waals surface area contributed by atoms with Crippen LogP contribution in [0.2, 0.25) is 0 Å². The number of aliphatic hydroxyl groups is 1. The number of carbonyl (C=O) groups excluding carboxylic acids is 9. The third-order valence-corrected chi connectivity index (χ3v) is 21.1. The number of aliphatic carboxylic acids is 1. The molecule has 30 nitrogen and oxygen atoms in total. The summed E-state index contributed by atoms with van der Waals surface area (Å²) in [4.78, 5) is 162. The number of β-amino-alcohol motifs (C(OH)–C–C–N with tert-alkyl or cyclic N) is 1. The van der Waals surface area contributed by atoms with E-state index in [9.17, 15) is 48.6 Å². The Morgan fingerprint density at radius 1 is 0.660 bits per heavy atom. The molecule has 4 aliphatic carbocycles. The Bertz CT molecular complexity index is 3460. The molecule has 4 heterocycles. The van der Waals surface area contributed by atoms with E-state index in [1.165, 1.54) is 57.1 Å². The Hall–Kier alpha value is -9.39. The van der Waals surface area contributed by atoms with Crippen LogP contribution in [0.1, 0.15) is 126 Å². The molecule has 3 aromatic rings. The number of hydrogen-bond acceptors (Lipinski definition) is 15. The van der Waals surface area contributed by atoms with Crippen LogP contribution in [0.5, 0.6) is 0 Å². The Morgan fingerprint density at radius 2 is 1.23 bits per heavy atom. The molecule has 9 atom stereocenters. The van der Waals surface area contributed by atoms with Crippen molar-refractivity contribution in [3.05, 3.63) is 94.2 Å². The maximum Gasteiger partial charge on any atom is 0.326 e. The van der Waals surface area contributed by atoms with Gasteiger partial charge in [0.2, 0.25) is 47.3 Å². The van der Waals surface area contributed by atoms with Crippen LogP contribution in [0.25, 0.3) is 0 Å². The number of carboxylic acids is 1. The van der Waals surface area contributed by atoms with Crippen molar-refractivity contribution in [3.63, 3.8) is 0 Å². The van der Waals surface area contributed by atoms with Crippen LogP contribution in [0.4, 0.5) is 0 Å². The third-order valence-electron chi connectivity index (χ3n) is 20.5. The van der Waals surface area contributed by atoms with Crippen LogP contribution >= 0.6 is 11.3 Å². The van der Waals surface area contributed by atoms with E-state index in [-0.39, 0.29) is 139 Å². The average molecular weight is 1400 g/mol. The fraction of sp³-hybridized carbons (Fsp3) is 0.580. The number of aliphatic hydroxyl groups excluding tert-OH is 1. The van der Waals surface area contributed by atoms with Crippen LogP contribution in [0, 0.1) is 23.2 Å². The van der Waals surface area contributed by atoms with Crippen LogP contribution in [-0.2, 0) is 66.3 Å². The Labute approximate surface area is 585 Å². The van der Waals surface area contributed by atoms with Gasteiger partial charge in [-0.25, -0.2) is 4.79 Å². The molecule has 4 saturated carbocycles. The number of amides is 9. The lowest BCUT2D eigenvalue weighted by atomic mass is 9.49. The summed E-state index contributed by atoms with van der Waals surface area (Å²) in [6.07, 6.45) is 6.89. The van der Waals surface area contributed by atoms with Gasteiger partial charge in [-0.1, -0.05) is 60.7 Å². The molecular weight excluding hydrogens is 1300 g/mol. The van der Waals surface area contributed by atoms with Gasteiger partial charge < -0.3 is 90.8 Å². The number of nitrogens with two attached hydrogens (primary N) is 6. The fourth-order valence-electron chi connectivity index (χ4n) is 16.2. The summed E-state index contributed by atoms with van der Waals surface area (Å²) in [5.41, 5.74) is 33.1. The topological polar surface area (TPSA) is 477 Å². The smallest absolute Gasteiger partial charge is 0.326 e. The van der Waals surface area contributed by atoms with E-state index in [1.807, 2.05) is 0 Å². The first-order chi connectivity index (χ1) is 47.8. The van der Waals surface area contributed by atoms with E-state index in [1.54, 1.807) is 77.5 Å². The van der Waals surface area contributed by atoms with Crippen molar-refractivity contribution in [2.45, 2.75) is 176 Å². The highest BCUT2D eigenvalue weighted by atomic mass is 32.1. The molecule has 3 aliphatic heterocycles. The standard InChI is InChI=1S/C69H98N18O12S/c1-68(46-20-27-100-40-46,64(99)86-26-25-85(62(96)54(86)32-42-14-6-3-7-15-42)52(31-41-12-4-2-5-13-41)59(93)82-50(63(97)98)18-10-23-78-67(74)75)83-56(90)38-79-58(92)53-33-47(88)39-87(53)61(95)51-19-11-24-84(51)60(94)49(17-9-22-77-66(72)73)81-57(91)48(16-8-21-76-65(70)71)80-55(89)37-69-34-43-28-44(35-69)30-45(29-43)36-69/h2-7,12-15,20,27,40,43-45,47-54,88H,8-11,16-19,21-26,28-39H2,1H3,(H,79,92)(H,80,89)(H,81,91)(H,82,93)(H,83,90)(H,97,98)(H4,70,71,76)(H4,72,73,77)(H4,74,75,78)/t43?,44?,45?,47-,48-,49+,50+,51+,52+,53+,54+,68+,69?/m1/s1. The minimum absolute atomic E-state index is 0.00862. The fourth-order valence-corrected chi connectivity index (χ4v) is 16.9. The summed E-state index contributed by atoms with van der Waals surface area (Å²) in [6, 6.07) is 10.9. The summed E-state index contributed by atoms with van der Waals surface area (Å²) in [7, 11) is 0. The van der Waals surface area contributed by atoms with Gasteiger partial charge in [-0.3, -0.25) is 58.1 Å². The molecule has 9 amide bonds. The predicted molar refractivity (Wildman–Crippen MR) is 373 cm³/mol. The number of aliphatic imine (C=N–C) groups is 3. The van der Waals surface area contributed by atoms with Gasteiger partial charge in [-0.15, -0.1) is 0 Å². The zero-order valence-electron chi connectivity index (χ0n) is 56.7. The van der Waals surface area contributed by atoms with Gasteiger partial charge in [0.1, 0.15) is 47.8 Å². The van der Waals surface area contributed by atoms with Crippen LogP contribution in [0.3, 0.4) is 0 Å². The summed E-state index contributed by atoms with van der Waals surface area (Å²) in [5.74, 6) is -5.76. The largest absolute Gasteiger partial charge is 0.480 e. The highest BCUT2D eigenvalue weighted by Crippen LogP contribution is 2.61. The molecule has 100 heavy (non-hydrogen) atoms. The maximum atomic E-state index is 15.5. The second-order valence-electron chi connectivity index (χ2n) is 28.0. The molecule has 19 N–H and O–H groups in total. The zero-order valence-corrected chi connectivity index (χ0v) is 57.5. The molecule has 7 fully saturated rings. The maximum absolute atomic E-state index is 15.5. The summed E-state index contributed by atoms with van der Waals surface area (Å²) < 4.78 is 0. The molecule has 0 spiro atoms. The number of rotatable bonds is 33. The first-order valence-electron chi connectivity index (χ1n) is 34.7. The van der Waals surface area contributed by atoms with Crippen LogP contribution in [-0.4, -0.2) is 208 Å². The lowest BCUT2D eigenvalue weighted by molar-refractivity contribution is -0.159. The second kappa shape index (κ2) is 34.1. The molecule has 0 radical (unpaired) electrons. The molecule has 7 aliphatic rings. The van der Waals surface area contributed by atoms with Crippen LogP contribution < -0.4 is 61.0 Å². The minimum atomic E-state index is -1.88. The van der Waals surface area contributed by atoms with Crippen molar-refractivity contribution < 1.29 is 58.2 Å².